The topological polar surface area (TPSA) is 71.0 Å². The van der Waals surface area contributed by atoms with Crippen molar-refractivity contribution in [2.24, 2.45) is 0 Å². The van der Waals surface area contributed by atoms with Crippen molar-refractivity contribution >= 4 is 0 Å². The molecule has 5 nitrogen and oxygen atoms in total. The summed E-state index contributed by atoms with van der Waals surface area (Å²) in [6.45, 7) is 3.60. The van der Waals surface area contributed by atoms with E-state index in [9.17, 15) is 10.2 Å². The summed E-state index contributed by atoms with van der Waals surface area (Å²) >= 11 is 0. The fourth-order valence-electron chi connectivity index (χ4n) is 2.23. The van der Waals surface area contributed by atoms with Crippen LogP contribution in [0.25, 0.3) is 0 Å². The minimum absolute atomic E-state index is 0.0466. The van der Waals surface area contributed by atoms with Gasteiger partial charge >= 0.3 is 0 Å². The van der Waals surface area contributed by atoms with Crippen molar-refractivity contribution in [3.05, 3.63) is 23.8 Å². The molecule has 5 heteroatoms. The second kappa shape index (κ2) is 8.09. The summed E-state index contributed by atoms with van der Waals surface area (Å²) in [5, 5.41) is 22.2. The minimum atomic E-state index is -0.0794. The Hall–Kier alpha value is -1.30. The van der Waals surface area contributed by atoms with Crippen molar-refractivity contribution in [1.82, 2.24) is 5.32 Å². The molecular formula is C15H23NO4. The van der Waals surface area contributed by atoms with Gasteiger partial charge in [-0.15, -0.1) is 0 Å². The first-order valence-corrected chi connectivity index (χ1v) is 7.17. The van der Waals surface area contributed by atoms with Crippen molar-refractivity contribution in [2.75, 3.05) is 26.4 Å². The molecule has 1 aromatic rings. The van der Waals surface area contributed by atoms with Crippen molar-refractivity contribution in [1.29, 1.82) is 0 Å². The van der Waals surface area contributed by atoms with E-state index in [1.165, 1.54) is 6.07 Å². The van der Waals surface area contributed by atoms with Gasteiger partial charge in [0.15, 0.2) is 11.5 Å². The average Bonchev–Trinajstić information content (AvgIpc) is 2.95. The van der Waals surface area contributed by atoms with Crippen molar-refractivity contribution in [2.45, 2.75) is 31.9 Å². The molecule has 20 heavy (non-hydrogen) atoms. The van der Waals surface area contributed by atoms with Crippen LogP contribution < -0.4 is 5.32 Å². The molecule has 1 atom stereocenters. The summed E-state index contributed by atoms with van der Waals surface area (Å²) in [5.74, 6) is -0.126. The van der Waals surface area contributed by atoms with E-state index >= 15 is 0 Å². The van der Waals surface area contributed by atoms with E-state index in [0.29, 0.717) is 25.3 Å². The maximum Gasteiger partial charge on any atom is 0.161 e. The Morgan fingerprint density at radius 2 is 2.25 bits per heavy atom. The predicted octanol–water partition coefficient (Wildman–Crippen LogP) is 1.77. The van der Waals surface area contributed by atoms with Gasteiger partial charge in [-0.05, 0) is 31.9 Å². The summed E-state index contributed by atoms with van der Waals surface area (Å²) in [6.07, 6.45) is 3.44. The molecule has 1 aliphatic rings. The molecule has 0 spiro atoms. The van der Waals surface area contributed by atoms with Crippen LogP contribution in [0, 0.1) is 0 Å². The molecule has 112 valence electrons. The molecule has 1 saturated heterocycles. The molecule has 0 saturated carbocycles. The smallest absolute Gasteiger partial charge is 0.161 e. The first-order chi connectivity index (χ1) is 9.77. The van der Waals surface area contributed by atoms with Crippen LogP contribution in [-0.4, -0.2) is 42.7 Å². The van der Waals surface area contributed by atoms with Gasteiger partial charge in [0.25, 0.3) is 0 Å². The second-order valence-corrected chi connectivity index (χ2v) is 5.03. The van der Waals surface area contributed by atoms with E-state index in [0.717, 1.165) is 32.4 Å². The number of rotatable bonds is 8. The zero-order chi connectivity index (χ0) is 14.2. The number of hydrogen-bond acceptors (Lipinski definition) is 5. The van der Waals surface area contributed by atoms with Gasteiger partial charge in [0, 0.05) is 25.3 Å². The van der Waals surface area contributed by atoms with Crippen LogP contribution in [-0.2, 0) is 16.0 Å². The number of hydrogen-bond donors (Lipinski definition) is 3. The minimum Gasteiger partial charge on any atom is -0.504 e. The highest BCUT2D eigenvalue weighted by Crippen LogP contribution is 2.27. The van der Waals surface area contributed by atoms with Gasteiger partial charge in [-0.2, -0.15) is 0 Å². The first kappa shape index (κ1) is 15.1. The molecule has 0 bridgehead atoms. The van der Waals surface area contributed by atoms with E-state index in [1.807, 2.05) is 0 Å². The van der Waals surface area contributed by atoms with Crippen LogP contribution in [0.5, 0.6) is 11.5 Å². The van der Waals surface area contributed by atoms with Crippen molar-refractivity contribution < 1.29 is 19.7 Å². The highest BCUT2D eigenvalue weighted by molar-refractivity contribution is 5.44. The molecule has 0 aromatic heterocycles. The third-order valence-electron chi connectivity index (χ3n) is 3.38. The lowest BCUT2D eigenvalue weighted by molar-refractivity contribution is 0.0166. The largest absolute Gasteiger partial charge is 0.504 e. The lowest BCUT2D eigenvalue weighted by atomic mass is 10.2. The van der Waals surface area contributed by atoms with E-state index in [1.54, 1.807) is 12.1 Å². The number of para-hydroxylation sites is 1. The summed E-state index contributed by atoms with van der Waals surface area (Å²) < 4.78 is 11.0. The molecule has 0 amide bonds. The Bertz CT molecular complexity index is 405. The lowest BCUT2D eigenvalue weighted by Crippen LogP contribution is -2.19. The van der Waals surface area contributed by atoms with Gasteiger partial charge in [-0.25, -0.2) is 0 Å². The number of aromatic hydroxyl groups is 2. The van der Waals surface area contributed by atoms with E-state index in [2.05, 4.69) is 5.32 Å². The van der Waals surface area contributed by atoms with Crippen molar-refractivity contribution in [3.8, 4) is 11.5 Å². The Morgan fingerprint density at radius 3 is 3.05 bits per heavy atom. The fraction of sp³-hybridized carbons (Fsp3) is 0.600. The Kier molecular flexibility index (Phi) is 6.11. The highest BCUT2D eigenvalue weighted by atomic mass is 16.5. The predicted molar refractivity (Wildman–Crippen MR) is 75.9 cm³/mol. The average molecular weight is 281 g/mol. The molecule has 0 radical (unpaired) electrons. The second-order valence-electron chi connectivity index (χ2n) is 5.03. The fourth-order valence-corrected chi connectivity index (χ4v) is 2.23. The number of nitrogens with one attached hydrogen (secondary N) is 1. The highest BCUT2D eigenvalue weighted by Gasteiger charge is 2.14. The number of benzene rings is 1. The maximum absolute atomic E-state index is 9.63. The van der Waals surface area contributed by atoms with E-state index in [4.69, 9.17) is 9.47 Å². The van der Waals surface area contributed by atoms with Gasteiger partial charge < -0.3 is 25.0 Å². The van der Waals surface area contributed by atoms with Crippen LogP contribution in [0.4, 0.5) is 0 Å². The summed E-state index contributed by atoms with van der Waals surface area (Å²) in [4.78, 5) is 0. The molecule has 1 aromatic carbocycles. The molecular weight excluding hydrogens is 258 g/mol. The molecule has 1 unspecified atom stereocenters. The standard InChI is InChI=1S/C15H23NO4/c17-14-6-1-4-12(15(14)18)10-16-7-3-8-19-11-13-5-2-9-20-13/h1,4,6,13,16-18H,2-3,5,7-11H2. The summed E-state index contributed by atoms with van der Waals surface area (Å²) in [5.41, 5.74) is 0.699. The Labute approximate surface area is 119 Å². The van der Waals surface area contributed by atoms with Gasteiger partial charge in [0.2, 0.25) is 0 Å². The van der Waals surface area contributed by atoms with Gasteiger partial charge in [-0.1, -0.05) is 12.1 Å². The quantitative estimate of drug-likeness (QED) is 0.500. The Morgan fingerprint density at radius 1 is 1.35 bits per heavy atom. The molecule has 3 N–H and O–H groups in total. The number of phenolic OH excluding ortho intramolecular Hbond substituents is 2. The molecule has 1 aliphatic heterocycles. The van der Waals surface area contributed by atoms with Crippen molar-refractivity contribution in [3.63, 3.8) is 0 Å². The monoisotopic (exact) mass is 281 g/mol. The zero-order valence-electron chi connectivity index (χ0n) is 11.7. The van der Waals surface area contributed by atoms with Gasteiger partial charge in [-0.3, -0.25) is 0 Å². The molecule has 2 rings (SSSR count). The first-order valence-electron chi connectivity index (χ1n) is 7.17. The third kappa shape index (κ3) is 4.67. The SMILES string of the molecule is Oc1cccc(CNCCCOCC2CCCO2)c1O. The summed E-state index contributed by atoms with van der Waals surface area (Å²) in [7, 11) is 0. The number of phenols is 2. The molecule has 1 heterocycles. The van der Waals surface area contributed by atoms with Crippen LogP contribution >= 0.6 is 0 Å². The van der Waals surface area contributed by atoms with Crippen LogP contribution in [0.3, 0.4) is 0 Å². The van der Waals surface area contributed by atoms with E-state index in [-0.39, 0.29) is 17.6 Å². The van der Waals surface area contributed by atoms with E-state index < -0.39 is 0 Å². The lowest BCUT2D eigenvalue weighted by Gasteiger charge is -2.10. The Balaban J connectivity index is 1.52. The normalized spacial score (nSPS) is 18.5. The summed E-state index contributed by atoms with van der Waals surface area (Å²) in [6, 6.07) is 4.98. The van der Waals surface area contributed by atoms with Crippen LogP contribution in [0.1, 0.15) is 24.8 Å². The molecule has 0 aliphatic carbocycles. The van der Waals surface area contributed by atoms with Crippen LogP contribution in [0.2, 0.25) is 0 Å². The third-order valence-corrected chi connectivity index (χ3v) is 3.38. The number of ether oxygens (including phenoxy) is 2. The van der Waals surface area contributed by atoms with Gasteiger partial charge in [0.1, 0.15) is 0 Å². The zero-order valence-corrected chi connectivity index (χ0v) is 11.7. The van der Waals surface area contributed by atoms with Crippen LogP contribution in [0.15, 0.2) is 18.2 Å². The maximum atomic E-state index is 9.63. The molecule has 1 fully saturated rings. The van der Waals surface area contributed by atoms with Gasteiger partial charge in [0.05, 0.1) is 12.7 Å².